The lowest BCUT2D eigenvalue weighted by Crippen LogP contribution is -2.38. The Morgan fingerprint density at radius 1 is 0.800 bits per heavy atom. The molecule has 6 heteroatoms. The van der Waals surface area contributed by atoms with Crippen LogP contribution in [-0.2, 0) is 0 Å². The lowest BCUT2D eigenvalue weighted by molar-refractivity contribution is 0.0898. The van der Waals surface area contributed by atoms with Crippen LogP contribution < -0.4 is 0 Å². The van der Waals surface area contributed by atoms with Crippen molar-refractivity contribution in [2.75, 3.05) is 6.54 Å². The average molecular weight is 338 g/mol. The van der Waals surface area contributed by atoms with Crippen LogP contribution in [-0.4, -0.2) is 22.6 Å². The molecule has 1 saturated heterocycles. The van der Waals surface area contributed by atoms with E-state index in [1.165, 1.54) is 5.01 Å². The zero-order chi connectivity index (χ0) is 17.8. The highest BCUT2D eigenvalue weighted by molar-refractivity contribution is 5.25. The second kappa shape index (κ2) is 7.42. The number of nitroso groups, excluding NO2 is 2. The molecule has 2 aromatic rings. The van der Waals surface area contributed by atoms with Gasteiger partial charge in [0.1, 0.15) is 0 Å². The third kappa shape index (κ3) is 3.24. The van der Waals surface area contributed by atoms with Crippen molar-refractivity contribution in [1.82, 2.24) is 10.0 Å². The van der Waals surface area contributed by atoms with Gasteiger partial charge in [0.15, 0.2) is 0 Å². The van der Waals surface area contributed by atoms with Crippen molar-refractivity contribution in [3.8, 4) is 0 Å². The minimum atomic E-state index is -0.355. The molecule has 0 aromatic heterocycles. The van der Waals surface area contributed by atoms with Crippen LogP contribution in [0.15, 0.2) is 71.2 Å². The fourth-order valence-corrected chi connectivity index (χ4v) is 3.80. The number of hydrogen-bond acceptors (Lipinski definition) is 4. The van der Waals surface area contributed by atoms with Crippen LogP contribution in [0.3, 0.4) is 0 Å². The molecule has 0 spiro atoms. The van der Waals surface area contributed by atoms with Crippen molar-refractivity contribution in [2.24, 2.45) is 16.5 Å². The third-order valence-electron chi connectivity index (χ3n) is 4.99. The Kier molecular flexibility index (Phi) is 5.07. The van der Waals surface area contributed by atoms with Gasteiger partial charge < -0.3 is 0 Å². The summed E-state index contributed by atoms with van der Waals surface area (Å²) in [6, 6.07) is 18.7. The summed E-state index contributed by atoms with van der Waals surface area (Å²) in [7, 11) is 0. The minimum absolute atomic E-state index is 0.00830. The Morgan fingerprint density at radius 2 is 1.32 bits per heavy atom. The van der Waals surface area contributed by atoms with E-state index in [1.54, 1.807) is 5.01 Å². The van der Waals surface area contributed by atoms with Gasteiger partial charge in [-0.2, -0.15) is 0 Å². The van der Waals surface area contributed by atoms with E-state index in [-0.39, 0.29) is 24.0 Å². The van der Waals surface area contributed by atoms with Gasteiger partial charge >= 0.3 is 0 Å². The molecule has 0 bridgehead atoms. The van der Waals surface area contributed by atoms with Crippen LogP contribution in [0.5, 0.6) is 0 Å². The molecule has 1 aliphatic heterocycles. The SMILES string of the molecule is C[C@H]1CN(N=O)[C@@H](C)[C@H](c2ccccc2)N(N=O)[C@@H]1c1ccccc1. The largest absolute Gasteiger partial charge is 0.255 e. The van der Waals surface area contributed by atoms with Gasteiger partial charge in [-0.25, -0.2) is 5.01 Å². The van der Waals surface area contributed by atoms with Crippen LogP contribution in [0.25, 0.3) is 0 Å². The van der Waals surface area contributed by atoms with Crippen molar-refractivity contribution in [2.45, 2.75) is 32.0 Å². The highest BCUT2D eigenvalue weighted by atomic mass is 16.3. The molecule has 0 unspecified atom stereocenters. The van der Waals surface area contributed by atoms with Gasteiger partial charge in [-0.1, -0.05) is 67.6 Å². The highest BCUT2D eigenvalue weighted by Gasteiger charge is 2.42. The van der Waals surface area contributed by atoms with Crippen molar-refractivity contribution in [1.29, 1.82) is 0 Å². The minimum Gasteiger partial charge on any atom is -0.255 e. The van der Waals surface area contributed by atoms with Crippen LogP contribution in [0, 0.1) is 15.7 Å². The Labute approximate surface area is 147 Å². The smallest absolute Gasteiger partial charge is 0.0977 e. The number of nitrogens with zero attached hydrogens (tertiary/aromatic N) is 4. The molecule has 0 N–H and O–H groups in total. The molecule has 0 radical (unpaired) electrons. The molecular formula is C19H22N4O2. The molecule has 3 rings (SSSR count). The van der Waals surface area contributed by atoms with E-state index in [1.807, 2.05) is 74.5 Å². The fraction of sp³-hybridized carbons (Fsp3) is 0.368. The Bertz CT molecular complexity index is 710. The van der Waals surface area contributed by atoms with Gasteiger partial charge in [0.25, 0.3) is 0 Å². The molecule has 4 atom stereocenters. The average Bonchev–Trinajstić information content (AvgIpc) is 2.77. The Balaban J connectivity index is 2.12. The van der Waals surface area contributed by atoms with Gasteiger partial charge in [0.05, 0.1) is 28.7 Å². The van der Waals surface area contributed by atoms with E-state index in [9.17, 15) is 9.81 Å². The summed E-state index contributed by atoms with van der Waals surface area (Å²) >= 11 is 0. The van der Waals surface area contributed by atoms with E-state index in [0.29, 0.717) is 6.54 Å². The molecule has 0 aliphatic carbocycles. The summed E-state index contributed by atoms with van der Waals surface area (Å²) < 4.78 is 0. The van der Waals surface area contributed by atoms with Crippen LogP contribution in [0.4, 0.5) is 0 Å². The van der Waals surface area contributed by atoms with Gasteiger partial charge in [-0.15, -0.1) is 9.81 Å². The topological polar surface area (TPSA) is 65.3 Å². The maximum atomic E-state index is 11.9. The predicted molar refractivity (Wildman–Crippen MR) is 97.1 cm³/mol. The van der Waals surface area contributed by atoms with E-state index in [4.69, 9.17) is 0 Å². The first kappa shape index (κ1) is 17.1. The van der Waals surface area contributed by atoms with Gasteiger partial charge in [0, 0.05) is 12.5 Å². The number of hydrogen-bond donors (Lipinski definition) is 0. The monoisotopic (exact) mass is 338 g/mol. The predicted octanol–water partition coefficient (Wildman–Crippen LogP) is 4.47. The molecule has 0 saturated carbocycles. The third-order valence-corrected chi connectivity index (χ3v) is 4.99. The lowest BCUT2D eigenvalue weighted by Gasteiger charge is -2.36. The van der Waals surface area contributed by atoms with E-state index in [0.717, 1.165) is 11.1 Å². The maximum Gasteiger partial charge on any atom is 0.0977 e. The summed E-state index contributed by atoms with van der Waals surface area (Å²) in [5.41, 5.74) is 1.95. The van der Waals surface area contributed by atoms with Gasteiger partial charge in [0.2, 0.25) is 0 Å². The van der Waals surface area contributed by atoms with Crippen LogP contribution in [0.2, 0.25) is 0 Å². The molecule has 25 heavy (non-hydrogen) atoms. The second-order valence-electron chi connectivity index (χ2n) is 6.59. The van der Waals surface area contributed by atoms with Gasteiger partial charge in [-0.05, 0) is 18.1 Å². The molecule has 1 fully saturated rings. The zero-order valence-corrected chi connectivity index (χ0v) is 14.4. The first-order chi connectivity index (χ1) is 12.2. The number of benzene rings is 2. The Hall–Kier alpha value is -2.76. The summed E-state index contributed by atoms with van der Waals surface area (Å²) in [5, 5.41) is 9.76. The van der Waals surface area contributed by atoms with Crippen LogP contribution in [0.1, 0.15) is 37.1 Å². The first-order valence-corrected chi connectivity index (χ1v) is 8.48. The van der Waals surface area contributed by atoms with Crippen molar-refractivity contribution in [3.05, 3.63) is 81.6 Å². The standard InChI is InChI=1S/C19H22N4O2/c1-14-13-22(20-24)15(2)19(17-11-7-4-8-12-17)23(21-25)18(14)16-9-5-3-6-10-16/h3-12,14-15,18-19H,13H2,1-2H3/t14-,15-,18-,19+/m0/s1. The van der Waals surface area contributed by atoms with E-state index in [2.05, 4.69) is 10.6 Å². The summed E-state index contributed by atoms with van der Waals surface area (Å²) in [6.45, 7) is 4.41. The maximum absolute atomic E-state index is 11.9. The Morgan fingerprint density at radius 3 is 1.80 bits per heavy atom. The molecule has 1 heterocycles. The molecular weight excluding hydrogens is 316 g/mol. The van der Waals surface area contributed by atoms with E-state index < -0.39 is 0 Å². The van der Waals surface area contributed by atoms with Crippen molar-refractivity contribution < 1.29 is 0 Å². The summed E-state index contributed by atoms with van der Waals surface area (Å²) in [5.74, 6) is 0.00830. The summed E-state index contributed by atoms with van der Waals surface area (Å²) in [6.07, 6.45) is 0. The normalized spacial score (nSPS) is 26.8. The van der Waals surface area contributed by atoms with Gasteiger partial charge in [-0.3, -0.25) is 5.01 Å². The lowest BCUT2D eigenvalue weighted by atomic mass is 9.92. The van der Waals surface area contributed by atoms with Crippen LogP contribution >= 0.6 is 0 Å². The molecule has 1 aliphatic rings. The highest BCUT2D eigenvalue weighted by Crippen LogP contribution is 2.42. The molecule has 130 valence electrons. The molecule has 6 nitrogen and oxygen atoms in total. The zero-order valence-electron chi connectivity index (χ0n) is 14.4. The summed E-state index contributed by atoms with van der Waals surface area (Å²) in [4.78, 5) is 23.3. The fourth-order valence-electron chi connectivity index (χ4n) is 3.80. The first-order valence-electron chi connectivity index (χ1n) is 8.48. The molecule has 2 aromatic carbocycles. The molecule has 0 amide bonds. The van der Waals surface area contributed by atoms with Crippen molar-refractivity contribution >= 4 is 0 Å². The quantitative estimate of drug-likeness (QED) is 0.771. The van der Waals surface area contributed by atoms with E-state index >= 15 is 0 Å². The second-order valence-corrected chi connectivity index (χ2v) is 6.59. The number of rotatable bonds is 4. The van der Waals surface area contributed by atoms with Crippen molar-refractivity contribution in [3.63, 3.8) is 0 Å².